The second-order valence-electron chi connectivity index (χ2n) is 2.83. The molecule has 0 fully saturated rings. The molecular formula is C9H11N3OS. The molecule has 0 heterocycles. The van der Waals surface area contributed by atoms with Crippen molar-refractivity contribution in [1.82, 2.24) is 5.01 Å². The van der Waals surface area contributed by atoms with Crippen LogP contribution in [0.1, 0.15) is 15.9 Å². The largest absolute Gasteiger partial charge is 0.375 e. The summed E-state index contributed by atoms with van der Waals surface area (Å²) in [6.45, 7) is 1.82. The SMILES string of the molecule is Cc1ccccc1C(=O)N(N)C(N)=S. The minimum Gasteiger partial charge on any atom is -0.375 e. The van der Waals surface area contributed by atoms with Crippen LogP contribution >= 0.6 is 12.2 Å². The lowest BCUT2D eigenvalue weighted by Gasteiger charge is -2.14. The summed E-state index contributed by atoms with van der Waals surface area (Å²) < 4.78 is 0. The molecule has 0 saturated carbocycles. The molecule has 0 atom stereocenters. The molecule has 0 unspecified atom stereocenters. The van der Waals surface area contributed by atoms with Crippen LogP contribution in [0.2, 0.25) is 0 Å². The van der Waals surface area contributed by atoms with Crippen molar-refractivity contribution in [3.8, 4) is 0 Å². The van der Waals surface area contributed by atoms with E-state index in [0.29, 0.717) is 5.56 Å². The smallest absolute Gasteiger partial charge is 0.274 e. The van der Waals surface area contributed by atoms with E-state index in [-0.39, 0.29) is 5.11 Å². The van der Waals surface area contributed by atoms with Gasteiger partial charge >= 0.3 is 0 Å². The molecule has 0 spiro atoms. The maximum absolute atomic E-state index is 11.6. The standard InChI is InChI=1S/C9H11N3OS/c1-6-4-2-3-5-7(6)8(13)12(11)9(10)14/h2-5H,11H2,1H3,(H2,10,14). The molecule has 4 nitrogen and oxygen atoms in total. The molecule has 1 aromatic rings. The van der Waals surface area contributed by atoms with Crippen molar-refractivity contribution in [3.05, 3.63) is 35.4 Å². The fraction of sp³-hybridized carbons (Fsp3) is 0.111. The molecule has 0 saturated heterocycles. The summed E-state index contributed by atoms with van der Waals surface area (Å²) >= 11 is 4.60. The van der Waals surface area contributed by atoms with Gasteiger partial charge in [-0.15, -0.1) is 0 Å². The Hall–Kier alpha value is -1.46. The van der Waals surface area contributed by atoms with Crippen LogP contribution in [-0.2, 0) is 0 Å². The molecule has 0 aliphatic carbocycles. The van der Waals surface area contributed by atoms with Gasteiger partial charge in [-0.1, -0.05) is 18.2 Å². The summed E-state index contributed by atoms with van der Waals surface area (Å²) in [5, 5.41) is 0.621. The molecule has 1 rings (SSSR count). The highest BCUT2D eigenvalue weighted by atomic mass is 32.1. The quantitative estimate of drug-likeness (QED) is 0.307. The maximum Gasteiger partial charge on any atom is 0.274 e. The van der Waals surface area contributed by atoms with Crippen LogP contribution in [0.4, 0.5) is 0 Å². The Labute approximate surface area is 87.5 Å². The van der Waals surface area contributed by atoms with Crippen molar-refractivity contribution in [2.75, 3.05) is 0 Å². The number of rotatable bonds is 1. The highest BCUT2D eigenvalue weighted by Crippen LogP contribution is 2.08. The van der Waals surface area contributed by atoms with E-state index in [1.165, 1.54) is 0 Å². The van der Waals surface area contributed by atoms with Gasteiger partial charge in [0.15, 0.2) is 5.11 Å². The van der Waals surface area contributed by atoms with E-state index in [0.717, 1.165) is 10.6 Å². The highest BCUT2D eigenvalue weighted by Gasteiger charge is 2.15. The Morgan fingerprint density at radius 3 is 2.50 bits per heavy atom. The summed E-state index contributed by atoms with van der Waals surface area (Å²) in [6.07, 6.45) is 0. The Morgan fingerprint density at radius 1 is 1.43 bits per heavy atom. The Kier molecular flexibility index (Phi) is 3.16. The van der Waals surface area contributed by atoms with E-state index in [1.807, 2.05) is 19.1 Å². The minimum atomic E-state index is -0.393. The molecule has 4 N–H and O–H groups in total. The average Bonchev–Trinajstić information content (AvgIpc) is 2.16. The minimum absolute atomic E-state index is 0.141. The van der Waals surface area contributed by atoms with Crippen molar-refractivity contribution in [2.24, 2.45) is 11.6 Å². The van der Waals surface area contributed by atoms with E-state index in [2.05, 4.69) is 12.2 Å². The Balaban J connectivity index is 3.01. The van der Waals surface area contributed by atoms with Crippen LogP contribution in [0.15, 0.2) is 24.3 Å². The predicted molar refractivity (Wildman–Crippen MR) is 58.3 cm³/mol. The third kappa shape index (κ3) is 2.07. The number of carbonyl (C=O) groups is 1. The molecular weight excluding hydrogens is 198 g/mol. The molecule has 0 radical (unpaired) electrons. The van der Waals surface area contributed by atoms with E-state index < -0.39 is 5.91 Å². The maximum atomic E-state index is 11.6. The summed E-state index contributed by atoms with van der Waals surface area (Å²) in [5.41, 5.74) is 6.58. The number of amides is 1. The van der Waals surface area contributed by atoms with Crippen LogP contribution in [0, 0.1) is 6.92 Å². The number of thiocarbonyl (C=S) groups is 1. The van der Waals surface area contributed by atoms with Gasteiger partial charge in [-0.05, 0) is 30.8 Å². The van der Waals surface area contributed by atoms with Crippen LogP contribution in [0.3, 0.4) is 0 Å². The monoisotopic (exact) mass is 209 g/mol. The first-order valence-electron chi connectivity index (χ1n) is 3.98. The first kappa shape index (κ1) is 10.6. The molecule has 0 aliphatic rings. The second kappa shape index (κ2) is 4.17. The third-order valence-corrected chi connectivity index (χ3v) is 2.03. The molecule has 1 amide bonds. The number of hydrogen-bond acceptors (Lipinski definition) is 3. The normalized spacial score (nSPS) is 9.57. The van der Waals surface area contributed by atoms with Crippen LogP contribution in [0.5, 0.6) is 0 Å². The molecule has 0 aromatic heterocycles. The zero-order chi connectivity index (χ0) is 10.7. The number of hydrazine groups is 1. The zero-order valence-corrected chi connectivity index (χ0v) is 8.54. The van der Waals surface area contributed by atoms with Crippen LogP contribution in [-0.4, -0.2) is 16.0 Å². The summed E-state index contributed by atoms with van der Waals surface area (Å²) in [6, 6.07) is 7.10. The molecule has 5 heteroatoms. The fourth-order valence-corrected chi connectivity index (χ4v) is 1.13. The predicted octanol–water partition coefficient (Wildman–Crippen LogP) is 0.555. The zero-order valence-electron chi connectivity index (χ0n) is 7.73. The first-order chi connectivity index (χ1) is 6.54. The summed E-state index contributed by atoms with van der Waals surface area (Å²) in [4.78, 5) is 11.6. The van der Waals surface area contributed by atoms with Gasteiger partial charge in [0.2, 0.25) is 0 Å². The van der Waals surface area contributed by atoms with Crippen molar-refractivity contribution >= 4 is 23.2 Å². The second-order valence-corrected chi connectivity index (χ2v) is 3.25. The van der Waals surface area contributed by atoms with E-state index in [9.17, 15) is 4.79 Å². The van der Waals surface area contributed by atoms with Crippen molar-refractivity contribution in [2.45, 2.75) is 6.92 Å². The number of aryl methyl sites for hydroxylation is 1. The van der Waals surface area contributed by atoms with Gasteiger partial charge in [0.1, 0.15) is 0 Å². The number of nitrogens with two attached hydrogens (primary N) is 2. The average molecular weight is 209 g/mol. The number of benzene rings is 1. The third-order valence-electron chi connectivity index (χ3n) is 1.83. The van der Waals surface area contributed by atoms with Crippen molar-refractivity contribution in [1.29, 1.82) is 0 Å². The molecule has 14 heavy (non-hydrogen) atoms. The lowest BCUT2D eigenvalue weighted by Crippen LogP contribution is -2.45. The molecule has 0 bridgehead atoms. The van der Waals surface area contributed by atoms with Gasteiger partial charge in [-0.25, -0.2) is 10.9 Å². The van der Waals surface area contributed by atoms with E-state index in [1.54, 1.807) is 12.1 Å². The summed E-state index contributed by atoms with van der Waals surface area (Å²) in [7, 11) is 0. The topological polar surface area (TPSA) is 72.3 Å². The van der Waals surface area contributed by atoms with E-state index in [4.69, 9.17) is 11.6 Å². The molecule has 0 aliphatic heterocycles. The lowest BCUT2D eigenvalue weighted by atomic mass is 10.1. The number of carbonyl (C=O) groups excluding carboxylic acids is 1. The Bertz CT molecular complexity index is 378. The van der Waals surface area contributed by atoms with Gasteiger partial charge < -0.3 is 5.73 Å². The van der Waals surface area contributed by atoms with E-state index >= 15 is 0 Å². The number of hydrogen-bond donors (Lipinski definition) is 2. The van der Waals surface area contributed by atoms with Gasteiger partial charge in [0, 0.05) is 5.56 Å². The van der Waals surface area contributed by atoms with Crippen LogP contribution < -0.4 is 11.6 Å². The van der Waals surface area contributed by atoms with Gasteiger partial charge in [-0.3, -0.25) is 4.79 Å². The molecule has 1 aromatic carbocycles. The fourth-order valence-electron chi connectivity index (χ4n) is 1.04. The lowest BCUT2D eigenvalue weighted by molar-refractivity contribution is 0.0848. The molecule has 74 valence electrons. The first-order valence-corrected chi connectivity index (χ1v) is 4.39. The number of nitrogens with zero attached hydrogens (tertiary/aromatic N) is 1. The Morgan fingerprint density at radius 2 is 2.00 bits per heavy atom. The van der Waals surface area contributed by atoms with Crippen molar-refractivity contribution < 1.29 is 4.79 Å². The van der Waals surface area contributed by atoms with Crippen LogP contribution in [0.25, 0.3) is 0 Å². The van der Waals surface area contributed by atoms with Crippen molar-refractivity contribution in [3.63, 3.8) is 0 Å². The van der Waals surface area contributed by atoms with Gasteiger partial charge in [-0.2, -0.15) is 0 Å². The van der Waals surface area contributed by atoms with Gasteiger partial charge in [0.05, 0.1) is 0 Å². The summed E-state index contributed by atoms with van der Waals surface area (Å²) in [5.74, 6) is 4.99. The highest BCUT2D eigenvalue weighted by molar-refractivity contribution is 7.80. The van der Waals surface area contributed by atoms with Gasteiger partial charge in [0.25, 0.3) is 5.91 Å².